The van der Waals surface area contributed by atoms with Gasteiger partial charge in [-0.3, -0.25) is 9.59 Å². The third-order valence-corrected chi connectivity index (χ3v) is 43.3. The molecule has 104 heavy (non-hydrogen) atoms. The number of unbranched alkanes of at least 4 members (excludes halogenated alkanes) is 10. The van der Waals surface area contributed by atoms with E-state index in [-0.39, 0.29) is 29.0 Å². The number of furan rings is 2. The molecule has 548 valence electrons. The molecule has 2 aromatic carbocycles. The molecule has 4 amide bonds. The first-order valence-corrected chi connectivity index (χ1v) is 48.7. The van der Waals surface area contributed by atoms with Crippen LogP contribution < -0.4 is 22.3 Å². The maximum atomic E-state index is 14.3. The number of carbonyl (C=O) groups is 4. The molecule has 8 nitrogen and oxygen atoms in total. The van der Waals surface area contributed by atoms with Crippen molar-refractivity contribution in [3.63, 3.8) is 0 Å². The van der Waals surface area contributed by atoms with Gasteiger partial charge in [-0.15, -0.1) is 34.0 Å². The summed E-state index contributed by atoms with van der Waals surface area (Å²) in [5.74, 6) is 2.28. The van der Waals surface area contributed by atoms with Crippen LogP contribution in [0.2, 0.25) is 5.25 Å². The van der Waals surface area contributed by atoms with Crippen molar-refractivity contribution in [1.29, 1.82) is 0 Å². The summed E-state index contributed by atoms with van der Waals surface area (Å²) < 4.78 is 17.8. The second-order valence-electron chi connectivity index (χ2n) is 30.5. The molecule has 4 aliphatic rings. The second-order valence-corrected chi connectivity index (χ2v) is 46.2. The zero-order valence-corrected chi connectivity index (χ0v) is 71.0. The van der Waals surface area contributed by atoms with Gasteiger partial charge in [-0.2, -0.15) is 0 Å². The van der Waals surface area contributed by atoms with E-state index in [0.29, 0.717) is 68.5 Å². The van der Waals surface area contributed by atoms with Gasteiger partial charge in [0.25, 0.3) is 11.8 Å². The van der Waals surface area contributed by atoms with Gasteiger partial charge in [0.1, 0.15) is 11.3 Å². The van der Waals surface area contributed by atoms with E-state index in [1.54, 1.807) is 35.2 Å². The van der Waals surface area contributed by atoms with E-state index in [0.717, 1.165) is 51.3 Å². The Kier molecular flexibility index (Phi) is 23.8. The van der Waals surface area contributed by atoms with Crippen LogP contribution in [-0.4, -0.2) is 36.9 Å². The summed E-state index contributed by atoms with van der Waals surface area (Å²) in [6, 6.07) is 31.2. The molecule has 0 spiro atoms. The van der Waals surface area contributed by atoms with Crippen LogP contribution in [0.25, 0.3) is 40.8 Å². The van der Waals surface area contributed by atoms with Gasteiger partial charge in [0, 0.05) is 24.4 Å². The zero-order valence-electron chi connectivity index (χ0n) is 64.0. The summed E-state index contributed by atoms with van der Waals surface area (Å²) in [7, 11) is 0. The average molecular weight is 1560 g/mol. The van der Waals surface area contributed by atoms with E-state index in [1.807, 2.05) is 112 Å². The molecule has 10 aromatic rings. The number of fused-ring (bicyclic) bond motifs is 8. The van der Waals surface area contributed by atoms with Crippen LogP contribution in [0.15, 0.2) is 93.8 Å². The van der Waals surface area contributed by atoms with E-state index in [4.69, 9.17) is 8.83 Å². The van der Waals surface area contributed by atoms with Crippen molar-refractivity contribution < 1.29 is 28.0 Å². The molecule has 11 heterocycles. The Morgan fingerprint density at radius 1 is 0.404 bits per heavy atom. The molecule has 0 saturated heterocycles. The van der Waals surface area contributed by atoms with Gasteiger partial charge in [0.15, 0.2) is 5.76 Å². The van der Waals surface area contributed by atoms with Crippen molar-refractivity contribution in [3.05, 3.63) is 176 Å². The first kappa shape index (κ1) is 76.2. The average Bonchev–Trinajstić information content (AvgIpc) is 1.53. The number of anilines is 2. The SMILES string of the molecule is CCCCCCC(CCCC)CC1(c2ccc(CCCC)s2)c2cc(C)sc2-c2sc(-c3oc(C)c4c3C(=O)N(c3ccc(C)c(C)c3)C4=O)cc21.CCCCCCC(CCCC)[CH2][Ge]1([c]2ccc(CCCC)s2)[c]2cc(C)sc2-c2sc(-c3oc(C)c4c3C(=O)N(c3ccc(C)c(C)c3)C4=O)c[c]21. The van der Waals surface area contributed by atoms with Gasteiger partial charge in [-0.25, -0.2) is 4.90 Å². The second kappa shape index (κ2) is 32.5. The molecule has 14 rings (SSSR count). The Bertz CT molecular complexity index is 4520. The van der Waals surface area contributed by atoms with Crippen LogP contribution in [0.5, 0.6) is 0 Å². The van der Waals surface area contributed by atoms with Crippen molar-refractivity contribution in [2.45, 2.75) is 255 Å². The zero-order chi connectivity index (χ0) is 73.5. The number of rotatable bonds is 32. The van der Waals surface area contributed by atoms with Crippen LogP contribution in [0, 0.1) is 67.2 Å². The Morgan fingerprint density at radius 3 is 1.42 bits per heavy atom. The van der Waals surface area contributed by atoms with Gasteiger partial charge in [0.05, 0.1) is 21.5 Å². The van der Waals surface area contributed by atoms with Crippen LogP contribution in [0.3, 0.4) is 0 Å². The molecule has 1 aliphatic carbocycles. The van der Waals surface area contributed by atoms with Gasteiger partial charge in [0.2, 0.25) is 0 Å². The molecule has 0 fully saturated rings. The summed E-state index contributed by atoms with van der Waals surface area (Å²) in [5, 5.41) is 1.28. The Labute approximate surface area is 645 Å². The molecule has 0 radical (unpaired) electrons. The number of imide groups is 2. The molecule has 0 N–H and O–H groups in total. The van der Waals surface area contributed by atoms with Gasteiger partial charge < -0.3 is 4.42 Å². The molecular weight excluding hydrogens is 1460 g/mol. The van der Waals surface area contributed by atoms with Crippen molar-refractivity contribution in [2.75, 3.05) is 9.80 Å². The number of carbonyl (C=O) groups excluding carboxylic acids is 4. The molecule has 4 atom stereocenters. The number of hydrogen-bond donors (Lipinski definition) is 0. The molecule has 15 heteroatoms. The van der Waals surface area contributed by atoms with Gasteiger partial charge in [-0.1, -0.05) is 84.6 Å². The number of hydrogen-bond acceptors (Lipinski definition) is 12. The summed E-state index contributed by atoms with van der Waals surface area (Å²) in [6.07, 6.45) is 28.6. The molecule has 3 aliphatic heterocycles. The van der Waals surface area contributed by atoms with Crippen LogP contribution >= 0.6 is 68.0 Å². The van der Waals surface area contributed by atoms with Gasteiger partial charge in [-0.05, 0) is 112 Å². The number of aryl methyl sites for hydroxylation is 10. The molecular formula is C89H106GeN2O6S6. The number of thiophene rings is 6. The van der Waals surface area contributed by atoms with Crippen LogP contribution in [0.1, 0.15) is 287 Å². The predicted octanol–water partition coefficient (Wildman–Crippen LogP) is 25.7. The topological polar surface area (TPSA) is 101 Å². The molecule has 8 aromatic heterocycles. The Hall–Kier alpha value is -5.98. The van der Waals surface area contributed by atoms with Crippen molar-refractivity contribution in [3.8, 4) is 40.8 Å². The fraction of sp³-hybridized carbons (Fsp3) is 0.461. The third kappa shape index (κ3) is 14.1. The summed E-state index contributed by atoms with van der Waals surface area (Å²) in [5.41, 5.74) is 9.82. The molecule has 0 saturated carbocycles. The quantitative estimate of drug-likeness (QED) is 0.0237. The van der Waals surface area contributed by atoms with E-state index in [9.17, 15) is 19.2 Å². The van der Waals surface area contributed by atoms with Crippen molar-refractivity contribution >= 4 is 129 Å². The van der Waals surface area contributed by atoms with Crippen molar-refractivity contribution in [1.82, 2.24) is 0 Å². The number of benzene rings is 2. The van der Waals surface area contributed by atoms with E-state index >= 15 is 0 Å². The number of amides is 4. The standard InChI is InChI=1S/C45H53NO3S3.C44H53GeNO3S3/c2*1-8-11-14-15-17-31(16-12-9-2)26-45(37-22-21-33(51-37)18-13-10-3)34-24-29(6)50-41(34)42-35(45)25-36(52-42)40-39-38(30(7)49-40)43(47)46(44(39)48)32-20-19-27(4)28(5)23-32/h2*19-25,31H,8-18,26H2,1-7H3. The fourth-order valence-corrected chi connectivity index (χ4v) is 41.2. The Balaban J connectivity index is 0.000000185. The summed E-state index contributed by atoms with van der Waals surface area (Å²) >= 11 is 8.29. The number of nitrogens with zero attached hydrogens (tertiary/aromatic N) is 2. The van der Waals surface area contributed by atoms with E-state index in [2.05, 4.69) is 115 Å². The first-order valence-electron chi connectivity index (χ1n) is 39.1. The summed E-state index contributed by atoms with van der Waals surface area (Å²) in [6.45, 7) is 30.1. The van der Waals surface area contributed by atoms with Gasteiger partial charge >= 0.3 is 327 Å². The molecule has 4 unspecified atom stereocenters. The van der Waals surface area contributed by atoms with E-state index < -0.39 is 13.3 Å². The first-order chi connectivity index (χ1) is 50.2. The predicted molar refractivity (Wildman–Crippen MR) is 447 cm³/mol. The normalized spacial score (nSPS) is 16.9. The fourth-order valence-electron chi connectivity index (χ4n) is 17.1. The molecule has 0 bridgehead atoms. The van der Waals surface area contributed by atoms with Crippen LogP contribution in [-0.2, 0) is 18.3 Å². The third-order valence-electron chi connectivity index (χ3n) is 23.0. The van der Waals surface area contributed by atoms with Crippen molar-refractivity contribution in [2.24, 2.45) is 11.8 Å². The van der Waals surface area contributed by atoms with Crippen LogP contribution in [0.4, 0.5) is 11.4 Å². The monoisotopic (exact) mass is 1560 g/mol. The maximum absolute atomic E-state index is 14.3. The summed E-state index contributed by atoms with van der Waals surface area (Å²) in [4.78, 5) is 73.7. The Morgan fingerprint density at radius 2 is 0.856 bits per heavy atom. The minimum atomic E-state index is -3.20. The minimum absolute atomic E-state index is 0.251. The van der Waals surface area contributed by atoms with E-state index in [1.165, 1.54) is 198 Å².